The number of nitrogens with zero attached hydrogens (tertiary/aromatic N) is 3. The normalized spacial score (nSPS) is 15.2. The summed E-state index contributed by atoms with van der Waals surface area (Å²) in [6.07, 6.45) is 5.11. The molecule has 1 atom stereocenters. The van der Waals surface area contributed by atoms with E-state index in [1.807, 2.05) is 12.1 Å². The van der Waals surface area contributed by atoms with Crippen molar-refractivity contribution < 1.29 is 4.79 Å². The molecule has 0 bridgehead atoms. The summed E-state index contributed by atoms with van der Waals surface area (Å²) < 4.78 is 1.58. The predicted octanol–water partition coefficient (Wildman–Crippen LogP) is 2.56. The molecule has 6 heteroatoms. The maximum atomic E-state index is 12.1. The summed E-state index contributed by atoms with van der Waals surface area (Å²) >= 11 is 5.94. The Kier molecular flexibility index (Phi) is 3.63. The molecular formula is C15H13ClN4O. The van der Waals surface area contributed by atoms with E-state index in [4.69, 9.17) is 16.9 Å². The van der Waals surface area contributed by atoms with E-state index < -0.39 is 6.04 Å². The number of hydrogen-bond donors (Lipinski definition) is 1. The maximum Gasteiger partial charge on any atom is 0.255 e. The number of benzene rings is 1. The largest absolute Gasteiger partial charge is 0.336 e. The van der Waals surface area contributed by atoms with Gasteiger partial charge in [0.25, 0.3) is 5.91 Å². The van der Waals surface area contributed by atoms with Crippen LogP contribution in [0.5, 0.6) is 0 Å². The average molecular weight is 301 g/mol. The SMILES string of the molecule is N#C[C@@H](NC(=O)c1cnn(-c2cccc(Cl)c2)c1)C1CC1. The van der Waals surface area contributed by atoms with E-state index in [0.29, 0.717) is 16.5 Å². The lowest BCUT2D eigenvalue weighted by atomic mass is 10.2. The van der Waals surface area contributed by atoms with Crippen LogP contribution in [0.15, 0.2) is 36.7 Å². The third-order valence-electron chi connectivity index (χ3n) is 3.44. The fourth-order valence-corrected chi connectivity index (χ4v) is 2.29. The summed E-state index contributed by atoms with van der Waals surface area (Å²) in [6.45, 7) is 0. The number of nitrogens with one attached hydrogen (secondary N) is 1. The summed E-state index contributed by atoms with van der Waals surface area (Å²) in [5.41, 5.74) is 1.21. The second-order valence-electron chi connectivity index (χ2n) is 5.07. The van der Waals surface area contributed by atoms with Crippen LogP contribution in [0.2, 0.25) is 5.02 Å². The fourth-order valence-electron chi connectivity index (χ4n) is 2.11. The zero-order valence-electron chi connectivity index (χ0n) is 11.2. The molecule has 5 nitrogen and oxygen atoms in total. The lowest BCUT2D eigenvalue weighted by Crippen LogP contribution is -2.35. The van der Waals surface area contributed by atoms with Crippen LogP contribution in [0.1, 0.15) is 23.2 Å². The van der Waals surface area contributed by atoms with Crippen LogP contribution in [0.3, 0.4) is 0 Å². The number of hydrogen-bond acceptors (Lipinski definition) is 3. The van der Waals surface area contributed by atoms with Crippen LogP contribution < -0.4 is 5.32 Å². The molecule has 0 spiro atoms. The van der Waals surface area contributed by atoms with Crippen molar-refractivity contribution in [3.05, 3.63) is 47.2 Å². The quantitative estimate of drug-likeness (QED) is 0.943. The Morgan fingerprint density at radius 1 is 1.52 bits per heavy atom. The maximum absolute atomic E-state index is 12.1. The number of amides is 1. The molecule has 1 aromatic carbocycles. The van der Waals surface area contributed by atoms with Crippen LogP contribution >= 0.6 is 11.6 Å². The van der Waals surface area contributed by atoms with Crippen LogP contribution in [0.25, 0.3) is 5.69 Å². The average Bonchev–Trinajstić information content (AvgIpc) is 3.20. The minimum atomic E-state index is -0.410. The van der Waals surface area contributed by atoms with Gasteiger partial charge in [-0.1, -0.05) is 17.7 Å². The lowest BCUT2D eigenvalue weighted by Gasteiger charge is -2.08. The van der Waals surface area contributed by atoms with E-state index in [1.54, 1.807) is 23.0 Å². The minimum Gasteiger partial charge on any atom is -0.336 e. The summed E-state index contributed by atoms with van der Waals surface area (Å²) in [5.74, 6) is 0.0173. The Balaban J connectivity index is 1.75. The molecule has 2 aromatic rings. The van der Waals surface area contributed by atoms with Gasteiger partial charge in [-0.3, -0.25) is 4.79 Å². The molecule has 0 radical (unpaired) electrons. The zero-order valence-corrected chi connectivity index (χ0v) is 11.9. The predicted molar refractivity (Wildman–Crippen MR) is 78.2 cm³/mol. The molecule has 0 unspecified atom stereocenters. The molecule has 0 aliphatic heterocycles. The smallest absolute Gasteiger partial charge is 0.255 e. The van der Waals surface area contributed by atoms with Crippen molar-refractivity contribution in [1.29, 1.82) is 5.26 Å². The molecule has 1 aromatic heterocycles. The van der Waals surface area contributed by atoms with Gasteiger partial charge in [-0.05, 0) is 37.0 Å². The van der Waals surface area contributed by atoms with E-state index >= 15 is 0 Å². The first kappa shape index (κ1) is 13.7. The molecule has 1 saturated carbocycles. The molecule has 106 valence electrons. The highest BCUT2D eigenvalue weighted by Crippen LogP contribution is 2.32. The number of rotatable bonds is 4. The van der Waals surface area contributed by atoms with Crippen molar-refractivity contribution in [1.82, 2.24) is 15.1 Å². The summed E-state index contributed by atoms with van der Waals surface area (Å²) in [5, 5.41) is 16.5. The molecule has 1 fully saturated rings. The highest BCUT2D eigenvalue weighted by Gasteiger charge is 2.32. The Bertz CT molecular complexity index is 714. The van der Waals surface area contributed by atoms with Crippen LogP contribution in [0, 0.1) is 17.2 Å². The Morgan fingerprint density at radius 3 is 3.00 bits per heavy atom. The van der Waals surface area contributed by atoms with E-state index in [-0.39, 0.29) is 5.91 Å². The van der Waals surface area contributed by atoms with Crippen molar-refractivity contribution in [3.8, 4) is 11.8 Å². The second kappa shape index (κ2) is 5.58. The van der Waals surface area contributed by atoms with Gasteiger partial charge in [0.1, 0.15) is 6.04 Å². The molecule has 1 amide bonds. The van der Waals surface area contributed by atoms with Crippen LogP contribution in [-0.4, -0.2) is 21.7 Å². The second-order valence-corrected chi connectivity index (χ2v) is 5.51. The fraction of sp³-hybridized carbons (Fsp3) is 0.267. The number of nitriles is 1. The first-order valence-electron chi connectivity index (χ1n) is 6.68. The molecule has 21 heavy (non-hydrogen) atoms. The number of carbonyl (C=O) groups is 1. The number of carbonyl (C=O) groups excluding carboxylic acids is 1. The third kappa shape index (κ3) is 3.06. The summed E-state index contributed by atoms with van der Waals surface area (Å²) in [6, 6.07) is 8.93. The van der Waals surface area contributed by atoms with Gasteiger partial charge in [-0.15, -0.1) is 0 Å². The van der Waals surface area contributed by atoms with Crippen molar-refractivity contribution in [3.63, 3.8) is 0 Å². The molecular weight excluding hydrogens is 288 g/mol. The van der Waals surface area contributed by atoms with Gasteiger partial charge in [0.15, 0.2) is 0 Å². The monoisotopic (exact) mass is 300 g/mol. The zero-order chi connectivity index (χ0) is 14.8. The molecule has 1 aliphatic carbocycles. The molecule has 0 saturated heterocycles. The number of aromatic nitrogens is 2. The molecule has 1 N–H and O–H groups in total. The first-order valence-corrected chi connectivity index (χ1v) is 7.06. The topological polar surface area (TPSA) is 70.7 Å². The molecule has 1 aliphatic rings. The Hall–Kier alpha value is -2.32. The van der Waals surface area contributed by atoms with Gasteiger partial charge in [0.05, 0.1) is 23.5 Å². The summed E-state index contributed by atoms with van der Waals surface area (Å²) in [4.78, 5) is 12.1. The van der Waals surface area contributed by atoms with E-state index in [2.05, 4.69) is 16.5 Å². The Labute approximate surface area is 127 Å². The van der Waals surface area contributed by atoms with Crippen LogP contribution in [0.4, 0.5) is 0 Å². The Morgan fingerprint density at radius 2 is 2.33 bits per heavy atom. The van der Waals surface area contributed by atoms with Crippen molar-refractivity contribution in [2.45, 2.75) is 18.9 Å². The standard InChI is InChI=1S/C15H13ClN4O/c16-12-2-1-3-13(6-12)20-9-11(8-18-20)15(21)19-14(7-17)10-4-5-10/h1-3,6,8-10,14H,4-5H2,(H,19,21)/t14-/m1/s1. The van der Waals surface area contributed by atoms with Crippen molar-refractivity contribution in [2.24, 2.45) is 5.92 Å². The lowest BCUT2D eigenvalue weighted by molar-refractivity contribution is 0.0942. The molecule has 1 heterocycles. The van der Waals surface area contributed by atoms with E-state index in [9.17, 15) is 4.79 Å². The van der Waals surface area contributed by atoms with Gasteiger partial charge >= 0.3 is 0 Å². The minimum absolute atomic E-state index is 0.276. The summed E-state index contributed by atoms with van der Waals surface area (Å²) in [7, 11) is 0. The van der Waals surface area contributed by atoms with Crippen molar-refractivity contribution in [2.75, 3.05) is 0 Å². The number of halogens is 1. The molecule has 3 rings (SSSR count). The van der Waals surface area contributed by atoms with E-state index in [1.165, 1.54) is 6.20 Å². The third-order valence-corrected chi connectivity index (χ3v) is 3.67. The first-order chi connectivity index (χ1) is 10.2. The van der Waals surface area contributed by atoms with Crippen molar-refractivity contribution >= 4 is 17.5 Å². The highest BCUT2D eigenvalue weighted by atomic mass is 35.5. The van der Waals surface area contributed by atoms with Crippen LogP contribution in [-0.2, 0) is 0 Å². The van der Waals surface area contributed by atoms with Gasteiger partial charge in [-0.2, -0.15) is 10.4 Å². The van der Waals surface area contributed by atoms with Gasteiger partial charge in [-0.25, -0.2) is 4.68 Å². The van der Waals surface area contributed by atoms with Gasteiger partial charge < -0.3 is 5.32 Å². The van der Waals surface area contributed by atoms with Gasteiger partial charge in [0.2, 0.25) is 0 Å². The van der Waals surface area contributed by atoms with Gasteiger partial charge in [0, 0.05) is 11.2 Å². The van der Waals surface area contributed by atoms with E-state index in [0.717, 1.165) is 18.5 Å². The highest BCUT2D eigenvalue weighted by molar-refractivity contribution is 6.30.